The van der Waals surface area contributed by atoms with Crippen LogP contribution in [0.25, 0.3) is 11.2 Å². The van der Waals surface area contributed by atoms with Crippen LogP contribution in [-0.2, 0) is 0 Å². The van der Waals surface area contributed by atoms with E-state index in [1.807, 2.05) is 0 Å². The van der Waals surface area contributed by atoms with Gasteiger partial charge < -0.3 is 15.0 Å². The van der Waals surface area contributed by atoms with Crippen molar-refractivity contribution in [3.8, 4) is 0 Å². The number of nitrogens with one attached hydrogen (secondary N) is 1. The molecule has 2 N–H and O–H groups in total. The first-order valence-electron chi connectivity index (χ1n) is 5.53. The summed E-state index contributed by atoms with van der Waals surface area (Å²) in [6.07, 6.45) is 3.82. The van der Waals surface area contributed by atoms with Gasteiger partial charge in [-0.1, -0.05) is 0 Å². The number of halogens is 1. The summed E-state index contributed by atoms with van der Waals surface area (Å²) in [7, 11) is 0. The summed E-state index contributed by atoms with van der Waals surface area (Å²) in [5.41, 5.74) is 1.33. The Morgan fingerprint density at radius 2 is 2.29 bits per heavy atom. The van der Waals surface area contributed by atoms with Crippen molar-refractivity contribution in [3.05, 3.63) is 11.6 Å². The molecule has 0 bridgehead atoms. The van der Waals surface area contributed by atoms with Gasteiger partial charge in [0, 0.05) is 12.6 Å². The van der Waals surface area contributed by atoms with Crippen LogP contribution in [0.5, 0.6) is 0 Å². The van der Waals surface area contributed by atoms with Gasteiger partial charge in [0.05, 0.1) is 12.9 Å². The van der Waals surface area contributed by atoms with Crippen molar-refractivity contribution >= 4 is 28.6 Å². The van der Waals surface area contributed by atoms with Crippen LogP contribution in [0.2, 0.25) is 5.28 Å². The highest BCUT2D eigenvalue weighted by molar-refractivity contribution is 6.28. The van der Waals surface area contributed by atoms with Crippen LogP contribution < -0.4 is 4.90 Å². The normalized spacial score (nSPS) is 15.4. The number of H-pyrrole nitrogens is 1. The fourth-order valence-corrected chi connectivity index (χ4v) is 2.12. The summed E-state index contributed by atoms with van der Waals surface area (Å²) in [5, 5.41) is 9.31. The summed E-state index contributed by atoms with van der Waals surface area (Å²) < 4.78 is 0. The molecule has 7 heteroatoms. The molecule has 2 heterocycles. The Bertz CT molecular complexity index is 538. The van der Waals surface area contributed by atoms with Gasteiger partial charge >= 0.3 is 0 Å². The number of aromatic nitrogens is 4. The summed E-state index contributed by atoms with van der Waals surface area (Å²) in [6, 6.07) is 0.444. The smallest absolute Gasteiger partial charge is 0.226 e. The highest BCUT2D eigenvalue weighted by Gasteiger charge is 2.31. The first-order chi connectivity index (χ1) is 8.29. The van der Waals surface area contributed by atoms with Crippen LogP contribution in [-0.4, -0.2) is 44.2 Å². The van der Waals surface area contributed by atoms with Crippen molar-refractivity contribution < 1.29 is 5.11 Å². The van der Waals surface area contributed by atoms with Gasteiger partial charge in [0.25, 0.3) is 0 Å². The predicted molar refractivity (Wildman–Crippen MR) is 64.1 cm³/mol. The lowest BCUT2D eigenvalue weighted by molar-refractivity contribution is 0.301. The maximum absolute atomic E-state index is 9.12. The summed E-state index contributed by atoms with van der Waals surface area (Å²) in [5.74, 6) is 0.731. The van der Waals surface area contributed by atoms with E-state index in [-0.39, 0.29) is 11.9 Å². The minimum absolute atomic E-state index is 0.0910. The zero-order valence-corrected chi connectivity index (χ0v) is 9.85. The lowest BCUT2D eigenvalue weighted by atomic mass is 10.4. The topological polar surface area (TPSA) is 77.9 Å². The molecule has 0 atom stereocenters. The molecule has 17 heavy (non-hydrogen) atoms. The number of aliphatic hydroxyl groups is 1. The zero-order valence-electron chi connectivity index (χ0n) is 9.10. The average molecular weight is 254 g/mol. The molecule has 2 aromatic heterocycles. The van der Waals surface area contributed by atoms with Crippen molar-refractivity contribution in [1.82, 2.24) is 19.9 Å². The molecule has 0 radical (unpaired) electrons. The van der Waals surface area contributed by atoms with Crippen molar-refractivity contribution in [3.63, 3.8) is 0 Å². The Morgan fingerprint density at radius 3 is 3.00 bits per heavy atom. The van der Waals surface area contributed by atoms with E-state index < -0.39 is 0 Å². The number of rotatable bonds is 4. The van der Waals surface area contributed by atoms with Gasteiger partial charge in [-0.3, -0.25) is 0 Å². The van der Waals surface area contributed by atoms with E-state index in [9.17, 15) is 0 Å². The minimum Gasteiger partial charge on any atom is -0.395 e. The number of nitrogens with zero attached hydrogens (tertiary/aromatic N) is 4. The molecule has 0 aromatic carbocycles. The van der Waals surface area contributed by atoms with E-state index >= 15 is 0 Å². The Kier molecular flexibility index (Phi) is 2.60. The second-order valence-electron chi connectivity index (χ2n) is 4.07. The fourth-order valence-electron chi connectivity index (χ4n) is 1.96. The van der Waals surface area contributed by atoms with E-state index in [4.69, 9.17) is 16.7 Å². The maximum atomic E-state index is 9.12. The summed E-state index contributed by atoms with van der Waals surface area (Å²) in [4.78, 5) is 17.5. The third-order valence-corrected chi connectivity index (χ3v) is 3.01. The molecule has 2 aromatic rings. The molecule has 0 amide bonds. The van der Waals surface area contributed by atoms with Crippen LogP contribution in [0, 0.1) is 0 Å². The molecular formula is C10H12ClN5O. The molecule has 1 aliphatic carbocycles. The quantitative estimate of drug-likeness (QED) is 0.794. The standard InChI is InChI=1S/C10H12ClN5O/c11-10-14-8-7(12-5-13-8)9(15-10)16(3-4-17)6-1-2-6/h5-6,17H,1-4H2,(H,12,13,14,15). The molecule has 6 nitrogen and oxygen atoms in total. The second kappa shape index (κ2) is 4.12. The monoisotopic (exact) mass is 253 g/mol. The highest BCUT2D eigenvalue weighted by atomic mass is 35.5. The van der Waals surface area contributed by atoms with Crippen LogP contribution in [0.15, 0.2) is 6.33 Å². The van der Waals surface area contributed by atoms with Crippen molar-refractivity contribution in [2.75, 3.05) is 18.1 Å². The predicted octanol–water partition coefficient (Wildman–Crippen LogP) is 0.967. The molecule has 1 fully saturated rings. The molecule has 0 spiro atoms. The summed E-state index contributed by atoms with van der Waals surface area (Å²) >= 11 is 5.88. The number of hydrogen-bond donors (Lipinski definition) is 2. The first kappa shape index (κ1) is 10.7. The third-order valence-electron chi connectivity index (χ3n) is 2.84. The number of imidazole rings is 1. The Hall–Kier alpha value is -1.40. The molecule has 1 saturated carbocycles. The number of fused-ring (bicyclic) bond motifs is 1. The largest absolute Gasteiger partial charge is 0.395 e. The van der Waals surface area contributed by atoms with Gasteiger partial charge in [0.15, 0.2) is 11.5 Å². The van der Waals surface area contributed by atoms with E-state index in [1.165, 1.54) is 0 Å². The van der Waals surface area contributed by atoms with Gasteiger partial charge in [-0.15, -0.1) is 0 Å². The van der Waals surface area contributed by atoms with Crippen LogP contribution in [0.3, 0.4) is 0 Å². The zero-order chi connectivity index (χ0) is 11.8. The number of hydrogen-bond acceptors (Lipinski definition) is 5. The van der Waals surface area contributed by atoms with Gasteiger partial charge in [0.2, 0.25) is 5.28 Å². The van der Waals surface area contributed by atoms with Crippen LogP contribution in [0.1, 0.15) is 12.8 Å². The van der Waals surface area contributed by atoms with Crippen molar-refractivity contribution in [2.24, 2.45) is 0 Å². The molecular weight excluding hydrogens is 242 g/mol. The maximum Gasteiger partial charge on any atom is 0.226 e. The highest BCUT2D eigenvalue weighted by Crippen LogP contribution is 2.33. The van der Waals surface area contributed by atoms with E-state index in [0.717, 1.165) is 24.2 Å². The summed E-state index contributed by atoms with van der Waals surface area (Å²) in [6.45, 7) is 0.639. The van der Waals surface area contributed by atoms with Crippen LogP contribution in [0.4, 0.5) is 5.82 Å². The van der Waals surface area contributed by atoms with Crippen molar-refractivity contribution in [1.29, 1.82) is 0 Å². The van der Waals surface area contributed by atoms with E-state index in [0.29, 0.717) is 18.2 Å². The minimum atomic E-state index is 0.0910. The van der Waals surface area contributed by atoms with Gasteiger partial charge in [-0.25, -0.2) is 4.98 Å². The second-order valence-corrected chi connectivity index (χ2v) is 4.40. The third kappa shape index (κ3) is 1.94. The van der Waals surface area contributed by atoms with E-state index in [1.54, 1.807) is 6.33 Å². The lowest BCUT2D eigenvalue weighted by Crippen LogP contribution is -2.30. The Balaban J connectivity index is 2.09. The lowest BCUT2D eigenvalue weighted by Gasteiger charge is -2.22. The Labute approximate surface area is 103 Å². The van der Waals surface area contributed by atoms with E-state index in [2.05, 4.69) is 24.8 Å². The number of aromatic amines is 1. The molecule has 1 aliphatic rings. The Morgan fingerprint density at radius 1 is 1.47 bits per heavy atom. The molecule has 3 rings (SSSR count). The fraction of sp³-hybridized carbons (Fsp3) is 0.500. The molecule has 0 aliphatic heterocycles. The van der Waals surface area contributed by atoms with Gasteiger partial charge in [-0.05, 0) is 24.4 Å². The molecule has 90 valence electrons. The SMILES string of the molecule is OCCN(c1nc(Cl)nc2nc[nH]c12)C1CC1. The number of anilines is 1. The molecule has 0 saturated heterocycles. The van der Waals surface area contributed by atoms with Crippen LogP contribution >= 0.6 is 11.6 Å². The first-order valence-corrected chi connectivity index (χ1v) is 5.91. The number of aliphatic hydroxyl groups excluding tert-OH is 1. The van der Waals surface area contributed by atoms with Gasteiger partial charge in [-0.2, -0.15) is 9.97 Å². The van der Waals surface area contributed by atoms with Crippen molar-refractivity contribution in [2.45, 2.75) is 18.9 Å². The van der Waals surface area contributed by atoms with Gasteiger partial charge in [0.1, 0.15) is 5.52 Å². The molecule has 0 unspecified atom stereocenters. The average Bonchev–Trinajstić information content (AvgIpc) is 3.04.